The van der Waals surface area contributed by atoms with Crippen molar-refractivity contribution < 1.29 is 9.53 Å². The van der Waals surface area contributed by atoms with Gasteiger partial charge in [0.05, 0.1) is 13.0 Å². The van der Waals surface area contributed by atoms with Gasteiger partial charge in [-0.2, -0.15) is 0 Å². The van der Waals surface area contributed by atoms with Gasteiger partial charge in [0.1, 0.15) is 0 Å². The highest BCUT2D eigenvalue weighted by Gasteiger charge is 2.17. The van der Waals surface area contributed by atoms with E-state index < -0.39 is 0 Å². The van der Waals surface area contributed by atoms with Gasteiger partial charge < -0.3 is 10.1 Å². The van der Waals surface area contributed by atoms with Crippen LogP contribution in [0.5, 0.6) is 0 Å². The molecule has 1 N–H and O–H groups in total. The van der Waals surface area contributed by atoms with E-state index in [0.717, 1.165) is 5.69 Å². The van der Waals surface area contributed by atoms with Crippen LogP contribution in [0.4, 0.5) is 5.69 Å². The zero-order valence-electron chi connectivity index (χ0n) is 10.8. The summed E-state index contributed by atoms with van der Waals surface area (Å²) in [5.74, 6) is 0.231. The maximum Gasteiger partial charge on any atom is 0.307 e. The van der Waals surface area contributed by atoms with Crippen LogP contribution < -0.4 is 5.32 Å². The molecule has 3 nitrogen and oxygen atoms in total. The van der Waals surface area contributed by atoms with Crippen LogP contribution in [0.25, 0.3) is 0 Å². The summed E-state index contributed by atoms with van der Waals surface area (Å²) in [6.45, 7) is 6.46. The van der Waals surface area contributed by atoms with Crippen LogP contribution in [-0.2, 0) is 9.53 Å². The summed E-state index contributed by atoms with van der Waals surface area (Å²) in [5, 5.41) is 3.37. The fraction of sp³-hybridized carbons (Fsp3) is 0.500. The number of benzene rings is 1. The average Bonchev–Trinajstić information content (AvgIpc) is 2.29. The van der Waals surface area contributed by atoms with Gasteiger partial charge in [0.25, 0.3) is 0 Å². The molecule has 94 valence electrons. The van der Waals surface area contributed by atoms with Gasteiger partial charge in [-0.15, -0.1) is 0 Å². The quantitative estimate of drug-likeness (QED) is 0.770. The highest BCUT2D eigenvalue weighted by molar-refractivity contribution is 5.70. The number of hydrogen-bond donors (Lipinski definition) is 1. The predicted octanol–water partition coefficient (Wildman–Crippen LogP) is 3.08. The highest BCUT2D eigenvalue weighted by Crippen LogP contribution is 2.15. The first kappa shape index (κ1) is 13.6. The largest absolute Gasteiger partial charge is 0.466 e. The van der Waals surface area contributed by atoms with Crippen molar-refractivity contribution in [1.29, 1.82) is 0 Å². The molecule has 0 saturated heterocycles. The zero-order valence-corrected chi connectivity index (χ0v) is 10.8. The number of carbonyl (C=O) groups is 1. The van der Waals surface area contributed by atoms with Crippen molar-refractivity contribution in [1.82, 2.24) is 0 Å². The number of anilines is 1. The number of carbonyl (C=O) groups excluding carboxylic acids is 1. The van der Waals surface area contributed by atoms with E-state index in [1.165, 1.54) is 0 Å². The van der Waals surface area contributed by atoms with Gasteiger partial charge in [0, 0.05) is 11.7 Å². The molecule has 0 bridgehead atoms. The molecular formula is C14H21NO2. The van der Waals surface area contributed by atoms with E-state index in [9.17, 15) is 4.79 Å². The number of esters is 1. The Hall–Kier alpha value is -1.51. The number of hydrogen-bond acceptors (Lipinski definition) is 3. The Bertz CT molecular complexity index is 335. The monoisotopic (exact) mass is 235 g/mol. The minimum Gasteiger partial charge on any atom is -0.466 e. The molecular weight excluding hydrogens is 214 g/mol. The summed E-state index contributed by atoms with van der Waals surface area (Å²) < 4.78 is 4.98. The molecule has 0 amide bonds. The van der Waals surface area contributed by atoms with Crippen molar-refractivity contribution in [2.24, 2.45) is 5.92 Å². The van der Waals surface area contributed by atoms with E-state index in [2.05, 4.69) is 19.2 Å². The van der Waals surface area contributed by atoms with Crippen LogP contribution in [0, 0.1) is 5.92 Å². The third-order valence-electron chi connectivity index (χ3n) is 2.62. The SMILES string of the molecule is CCOC(=O)C[C@@H](Nc1ccccc1)C(C)C. The molecule has 0 fully saturated rings. The maximum absolute atomic E-state index is 11.5. The Labute approximate surface area is 103 Å². The van der Waals surface area contributed by atoms with Crippen molar-refractivity contribution in [3.63, 3.8) is 0 Å². The van der Waals surface area contributed by atoms with Gasteiger partial charge in [-0.25, -0.2) is 0 Å². The van der Waals surface area contributed by atoms with Crippen LogP contribution in [0.1, 0.15) is 27.2 Å². The number of para-hydroxylation sites is 1. The van der Waals surface area contributed by atoms with Crippen LogP contribution >= 0.6 is 0 Å². The average molecular weight is 235 g/mol. The molecule has 0 heterocycles. The van der Waals surface area contributed by atoms with Crippen LogP contribution in [0.15, 0.2) is 30.3 Å². The van der Waals surface area contributed by atoms with Gasteiger partial charge in [-0.1, -0.05) is 32.0 Å². The molecule has 17 heavy (non-hydrogen) atoms. The number of rotatable bonds is 6. The molecule has 3 heteroatoms. The molecule has 0 spiro atoms. The van der Waals surface area contributed by atoms with Crippen molar-refractivity contribution in [3.8, 4) is 0 Å². The second kappa shape index (κ2) is 6.94. The fourth-order valence-corrected chi connectivity index (χ4v) is 1.60. The van der Waals surface area contributed by atoms with Crippen LogP contribution in [0.3, 0.4) is 0 Å². The predicted molar refractivity (Wildman–Crippen MR) is 69.9 cm³/mol. The Kier molecular flexibility index (Phi) is 5.53. The Balaban J connectivity index is 2.58. The third kappa shape index (κ3) is 4.89. The lowest BCUT2D eigenvalue weighted by atomic mass is 10.0. The zero-order chi connectivity index (χ0) is 12.7. The highest BCUT2D eigenvalue weighted by atomic mass is 16.5. The van der Waals surface area contributed by atoms with Gasteiger partial charge in [0.2, 0.25) is 0 Å². The minimum absolute atomic E-state index is 0.108. The van der Waals surface area contributed by atoms with Crippen molar-refractivity contribution in [3.05, 3.63) is 30.3 Å². The van der Waals surface area contributed by atoms with Crippen molar-refractivity contribution in [2.45, 2.75) is 33.2 Å². The van der Waals surface area contributed by atoms with Gasteiger partial charge in [-0.3, -0.25) is 4.79 Å². The smallest absolute Gasteiger partial charge is 0.307 e. The minimum atomic E-state index is -0.144. The van der Waals surface area contributed by atoms with Crippen LogP contribution in [0.2, 0.25) is 0 Å². The van der Waals surface area contributed by atoms with E-state index in [4.69, 9.17) is 4.74 Å². The number of ether oxygens (including phenoxy) is 1. The van der Waals surface area contributed by atoms with E-state index in [-0.39, 0.29) is 12.0 Å². The summed E-state index contributed by atoms with van der Waals surface area (Å²) >= 11 is 0. The van der Waals surface area contributed by atoms with Gasteiger partial charge in [0.15, 0.2) is 0 Å². The third-order valence-corrected chi connectivity index (χ3v) is 2.62. The molecule has 1 aromatic carbocycles. The van der Waals surface area contributed by atoms with Crippen LogP contribution in [-0.4, -0.2) is 18.6 Å². The first-order chi connectivity index (χ1) is 8.13. The molecule has 0 aliphatic carbocycles. The van der Waals surface area contributed by atoms with Crippen molar-refractivity contribution in [2.75, 3.05) is 11.9 Å². The standard InChI is InChI=1S/C14H21NO2/c1-4-17-14(16)10-13(11(2)3)15-12-8-6-5-7-9-12/h5-9,11,13,15H,4,10H2,1-3H3/t13-/m1/s1. The topological polar surface area (TPSA) is 38.3 Å². The lowest BCUT2D eigenvalue weighted by Crippen LogP contribution is -2.29. The maximum atomic E-state index is 11.5. The summed E-state index contributed by atoms with van der Waals surface area (Å²) in [6.07, 6.45) is 0.403. The molecule has 1 aromatic rings. The lowest BCUT2D eigenvalue weighted by molar-refractivity contribution is -0.143. The second-order valence-electron chi connectivity index (χ2n) is 4.37. The Morgan fingerprint density at radius 3 is 2.47 bits per heavy atom. The molecule has 1 atom stereocenters. The van der Waals surface area contributed by atoms with Crippen molar-refractivity contribution >= 4 is 11.7 Å². The van der Waals surface area contributed by atoms with Gasteiger partial charge >= 0.3 is 5.97 Å². The normalized spacial score (nSPS) is 12.2. The molecule has 0 aliphatic rings. The Morgan fingerprint density at radius 2 is 1.94 bits per heavy atom. The second-order valence-corrected chi connectivity index (χ2v) is 4.37. The molecule has 0 aliphatic heterocycles. The van der Waals surface area contributed by atoms with E-state index in [1.807, 2.05) is 37.3 Å². The molecule has 1 rings (SSSR count). The Morgan fingerprint density at radius 1 is 1.29 bits per heavy atom. The molecule has 0 unspecified atom stereocenters. The van der Waals surface area contributed by atoms with E-state index >= 15 is 0 Å². The first-order valence-electron chi connectivity index (χ1n) is 6.10. The summed E-state index contributed by atoms with van der Waals surface area (Å²) in [4.78, 5) is 11.5. The van der Waals surface area contributed by atoms with Gasteiger partial charge in [-0.05, 0) is 25.0 Å². The molecule has 0 radical (unpaired) electrons. The molecule has 0 aromatic heterocycles. The summed E-state index contributed by atoms with van der Waals surface area (Å²) in [6, 6.07) is 10.0. The van der Waals surface area contributed by atoms with E-state index in [1.54, 1.807) is 0 Å². The first-order valence-corrected chi connectivity index (χ1v) is 6.10. The summed E-state index contributed by atoms with van der Waals surface area (Å²) in [5.41, 5.74) is 1.04. The number of nitrogens with one attached hydrogen (secondary N) is 1. The molecule has 0 saturated carbocycles. The lowest BCUT2D eigenvalue weighted by Gasteiger charge is -2.22. The van der Waals surface area contributed by atoms with E-state index in [0.29, 0.717) is 18.9 Å². The summed E-state index contributed by atoms with van der Waals surface area (Å²) in [7, 11) is 0. The fourth-order valence-electron chi connectivity index (χ4n) is 1.60.